The van der Waals surface area contributed by atoms with Crippen molar-refractivity contribution in [2.24, 2.45) is 0 Å². The lowest BCUT2D eigenvalue weighted by Crippen LogP contribution is -2.35. The molecule has 4 rings (SSSR count). The van der Waals surface area contributed by atoms with Gasteiger partial charge in [0.15, 0.2) is 0 Å². The first-order valence-corrected chi connectivity index (χ1v) is 10.6. The Morgan fingerprint density at radius 2 is 1.87 bits per heavy atom. The van der Waals surface area contributed by atoms with Gasteiger partial charge in [-0.05, 0) is 60.2 Å². The summed E-state index contributed by atoms with van der Waals surface area (Å²) in [7, 11) is 0. The van der Waals surface area contributed by atoms with E-state index in [2.05, 4.69) is 10.1 Å². The van der Waals surface area contributed by atoms with Crippen molar-refractivity contribution in [3.05, 3.63) is 81.0 Å². The first-order valence-electron chi connectivity index (χ1n) is 9.73. The fourth-order valence-corrected chi connectivity index (χ4v) is 4.53. The minimum Gasteiger partial charge on any atom is -0.434 e. The Labute approximate surface area is 182 Å². The van der Waals surface area contributed by atoms with E-state index in [9.17, 15) is 18.4 Å². The molecule has 2 heterocycles. The molecule has 1 aromatic heterocycles. The molecule has 5 nitrogen and oxygen atoms in total. The van der Waals surface area contributed by atoms with E-state index in [4.69, 9.17) is 0 Å². The highest BCUT2D eigenvalue weighted by Gasteiger charge is 2.24. The van der Waals surface area contributed by atoms with E-state index >= 15 is 0 Å². The molecular weight excluding hydrogens is 422 g/mol. The third kappa shape index (κ3) is 4.44. The second kappa shape index (κ2) is 8.85. The van der Waals surface area contributed by atoms with Gasteiger partial charge in [-0.25, -0.2) is 0 Å². The van der Waals surface area contributed by atoms with Crippen molar-refractivity contribution in [1.29, 1.82) is 0 Å². The molecule has 0 aliphatic carbocycles. The van der Waals surface area contributed by atoms with Crippen LogP contribution in [0, 0.1) is 6.92 Å². The summed E-state index contributed by atoms with van der Waals surface area (Å²) in [4.78, 5) is 29.0. The molecule has 31 heavy (non-hydrogen) atoms. The van der Waals surface area contributed by atoms with Gasteiger partial charge in [-0.1, -0.05) is 18.2 Å². The minimum absolute atomic E-state index is 0.0139. The van der Waals surface area contributed by atoms with Crippen LogP contribution in [0.4, 0.5) is 14.5 Å². The maximum atomic E-state index is 13.1. The molecule has 0 spiro atoms. The molecule has 0 fully saturated rings. The van der Waals surface area contributed by atoms with Crippen LogP contribution in [-0.4, -0.2) is 29.9 Å². The number of nitrogens with zero attached hydrogens (tertiary/aromatic N) is 1. The molecule has 0 atom stereocenters. The highest BCUT2D eigenvalue weighted by Crippen LogP contribution is 2.28. The number of alkyl halides is 2. The SMILES string of the molecule is Cc1c(NC(=O)c2ccccc2OC(F)F)cccc1C(=O)N1CCc2sccc2C1. The van der Waals surface area contributed by atoms with Crippen molar-refractivity contribution < 1.29 is 23.1 Å². The summed E-state index contributed by atoms with van der Waals surface area (Å²) in [5.41, 5.74) is 2.70. The third-order valence-corrected chi connectivity index (χ3v) is 6.28. The number of benzene rings is 2. The summed E-state index contributed by atoms with van der Waals surface area (Å²) < 4.78 is 29.7. The van der Waals surface area contributed by atoms with E-state index in [1.807, 2.05) is 11.4 Å². The lowest BCUT2D eigenvalue weighted by molar-refractivity contribution is -0.0501. The fourth-order valence-electron chi connectivity index (χ4n) is 3.64. The predicted octanol–water partition coefficient (Wildman–Crippen LogP) is 5.11. The lowest BCUT2D eigenvalue weighted by Gasteiger charge is -2.28. The van der Waals surface area contributed by atoms with Gasteiger partial charge >= 0.3 is 6.61 Å². The van der Waals surface area contributed by atoms with Crippen LogP contribution >= 0.6 is 11.3 Å². The molecule has 160 valence electrons. The topological polar surface area (TPSA) is 58.6 Å². The lowest BCUT2D eigenvalue weighted by atomic mass is 10.0. The van der Waals surface area contributed by atoms with Crippen LogP contribution in [-0.2, 0) is 13.0 Å². The van der Waals surface area contributed by atoms with Gasteiger partial charge < -0.3 is 15.0 Å². The molecule has 0 saturated heterocycles. The molecule has 0 bridgehead atoms. The molecule has 1 aliphatic heterocycles. The number of anilines is 1. The number of para-hydroxylation sites is 1. The first-order chi connectivity index (χ1) is 14.9. The molecule has 2 aromatic carbocycles. The zero-order valence-corrected chi connectivity index (χ0v) is 17.5. The van der Waals surface area contributed by atoms with Gasteiger partial charge in [0.2, 0.25) is 0 Å². The molecule has 0 saturated carbocycles. The van der Waals surface area contributed by atoms with Crippen LogP contribution in [0.3, 0.4) is 0 Å². The largest absolute Gasteiger partial charge is 0.434 e. The minimum atomic E-state index is -3.04. The quantitative estimate of drug-likeness (QED) is 0.598. The smallest absolute Gasteiger partial charge is 0.387 e. The summed E-state index contributed by atoms with van der Waals surface area (Å²) >= 11 is 1.71. The Kier molecular flexibility index (Phi) is 5.99. The van der Waals surface area contributed by atoms with Gasteiger partial charge in [-0.3, -0.25) is 9.59 Å². The average molecular weight is 442 g/mol. The molecule has 0 unspecified atom stereocenters. The standard InChI is InChI=1S/C23H20F2N2O3S/c1-14-16(22(29)27-11-9-20-15(13-27)10-12-31-20)6-4-7-18(14)26-21(28)17-5-2-3-8-19(17)30-23(24)25/h2-8,10,12,23H,9,11,13H2,1H3,(H,26,28). The van der Waals surface area contributed by atoms with Gasteiger partial charge in [-0.2, -0.15) is 8.78 Å². The average Bonchev–Trinajstić information content (AvgIpc) is 3.22. The zero-order valence-electron chi connectivity index (χ0n) is 16.7. The van der Waals surface area contributed by atoms with E-state index in [0.717, 1.165) is 6.42 Å². The van der Waals surface area contributed by atoms with Crippen molar-refractivity contribution in [1.82, 2.24) is 4.90 Å². The Bertz CT molecular complexity index is 1130. The molecular formula is C23H20F2N2O3S. The van der Waals surface area contributed by atoms with Crippen molar-refractivity contribution in [3.63, 3.8) is 0 Å². The van der Waals surface area contributed by atoms with Crippen molar-refractivity contribution in [2.45, 2.75) is 26.5 Å². The molecule has 8 heteroatoms. The van der Waals surface area contributed by atoms with Crippen molar-refractivity contribution >= 4 is 28.8 Å². The zero-order chi connectivity index (χ0) is 22.0. The Balaban J connectivity index is 1.55. The van der Waals surface area contributed by atoms with Crippen LogP contribution < -0.4 is 10.1 Å². The molecule has 1 aliphatic rings. The number of rotatable bonds is 5. The van der Waals surface area contributed by atoms with E-state index < -0.39 is 12.5 Å². The van der Waals surface area contributed by atoms with Crippen LogP contribution in [0.2, 0.25) is 0 Å². The van der Waals surface area contributed by atoms with E-state index in [0.29, 0.717) is 29.9 Å². The first kappa shape index (κ1) is 21.0. The Morgan fingerprint density at radius 3 is 2.68 bits per heavy atom. The van der Waals surface area contributed by atoms with Crippen molar-refractivity contribution in [3.8, 4) is 5.75 Å². The summed E-state index contributed by atoms with van der Waals surface area (Å²) in [5.74, 6) is -0.906. The van der Waals surface area contributed by atoms with Gasteiger partial charge in [-0.15, -0.1) is 11.3 Å². The summed E-state index contributed by atoms with van der Waals surface area (Å²) in [6.07, 6.45) is 0.829. The summed E-state index contributed by atoms with van der Waals surface area (Å²) in [6, 6.07) is 12.9. The highest BCUT2D eigenvalue weighted by atomic mass is 32.1. The van der Waals surface area contributed by atoms with Crippen LogP contribution in [0.1, 0.15) is 36.7 Å². The van der Waals surface area contributed by atoms with Crippen molar-refractivity contribution in [2.75, 3.05) is 11.9 Å². The number of hydrogen-bond donors (Lipinski definition) is 1. The number of carbonyl (C=O) groups is 2. The highest BCUT2D eigenvalue weighted by molar-refractivity contribution is 7.10. The number of fused-ring (bicyclic) bond motifs is 1. The number of hydrogen-bond acceptors (Lipinski definition) is 4. The normalized spacial score (nSPS) is 13.1. The van der Waals surface area contributed by atoms with Crippen LogP contribution in [0.25, 0.3) is 0 Å². The maximum absolute atomic E-state index is 13.1. The number of halogens is 2. The van der Waals surface area contributed by atoms with Crippen LogP contribution in [0.15, 0.2) is 53.9 Å². The van der Waals surface area contributed by atoms with Gasteiger partial charge in [0, 0.05) is 29.2 Å². The molecule has 0 radical (unpaired) electrons. The van der Waals surface area contributed by atoms with Gasteiger partial charge in [0.1, 0.15) is 5.75 Å². The maximum Gasteiger partial charge on any atom is 0.387 e. The summed E-state index contributed by atoms with van der Waals surface area (Å²) in [5, 5.41) is 4.75. The Hall–Kier alpha value is -3.26. The van der Waals surface area contributed by atoms with E-state index in [1.165, 1.54) is 28.6 Å². The van der Waals surface area contributed by atoms with Gasteiger partial charge in [0.25, 0.3) is 11.8 Å². The molecule has 1 N–H and O–H groups in total. The summed E-state index contributed by atoms with van der Waals surface area (Å²) in [6.45, 7) is -0.0816. The number of nitrogens with one attached hydrogen (secondary N) is 1. The number of thiophene rings is 1. The Morgan fingerprint density at radius 1 is 1.10 bits per heavy atom. The second-order valence-electron chi connectivity index (χ2n) is 7.15. The molecule has 2 amide bonds. The third-order valence-electron chi connectivity index (χ3n) is 5.26. The van der Waals surface area contributed by atoms with E-state index in [-0.39, 0.29) is 17.2 Å². The second-order valence-corrected chi connectivity index (χ2v) is 8.15. The molecule has 3 aromatic rings. The number of amides is 2. The van der Waals surface area contributed by atoms with E-state index in [1.54, 1.807) is 47.4 Å². The number of ether oxygens (including phenoxy) is 1. The monoisotopic (exact) mass is 442 g/mol. The van der Waals surface area contributed by atoms with Crippen LogP contribution in [0.5, 0.6) is 5.75 Å². The number of carbonyl (C=O) groups excluding carboxylic acids is 2. The van der Waals surface area contributed by atoms with Gasteiger partial charge in [0.05, 0.1) is 5.56 Å². The predicted molar refractivity (Wildman–Crippen MR) is 115 cm³/mol. The fraction of sp³-hybridized carbons (Fsp3) is 0.217.